The molecule has 1 aliphatic rings. The Bertz CT molecular complexity index is 2880. The number of rotatable bonds is 6. The fourth-order valence-corrected chi connectivity index (χ4v) is 9.36. The van der Waals surface area contributed by atoms with Crippen LogP contribution in [0.5, 0.6) is 0 Å². The van der Waals surface area contributed by atoms with Crippen LogP contribution in [-0.4, -0.2) is 0 Å². The van der Waals surface area contributed by atoms with Crippen molar-refractivity contribution in [1.29, 1.82) is 0 Å². The first-order valence-electron chi connectivity index (χ1n) is 19.2. The maximum Gasteiger partial charge on any atom is 0.0714 e. The van der Waals surface area contributed by atoms with Crippen molar-refractivity contribution >= 4 is 48.6 Å². The van der Waals surface area contributed by atoms with E-state index < -0.39 is 5.41 Å². The van der Waals surface area contributed by atoms with Gasteiger partial charge in [0.2, 0.25) is 0 Å². The summed E-state index contributed by atoms with van der Waals surface area (Å²) < 4.78 is 39.1. The molecular weight excluding hydrogens is 635 g/mol. The number of thiophene rings is 1. The maximum absolute atomic E-state index is 9.64. The number of para-hydroxylation sites is 1. The molecule has 1 aromatic heterocycles. The Morgan fingerprint density at radius 3 is 1.88 bits per heavy atom. The first kappa shape index (κ1) is 25.7. The van der Waals surface area contributed by atoms with Gasteiger partial charge in [0, 0.05) is 26.7 Å². The van der Waals surface area contributed by atoms with Gasteiger partial charge in [0.05, 0.1) is 27.0 Å². The number of nitrogens with zero attached hydrogens (tertiary/aromatic N) is 1. The van der Waals surface area contributed by atoms with Crippen LogP contribution in [0.4, 0.5) is 17.1 Å². The van der Waals surface area contributed by atoms with Crippen LogP contribution < -0.4 is 4.90 Å². The van der Waals surface area contributed by atoms with Crippen LogP contribution in [0.25, 0.3) is 42.4 Å². The van der Waals surface area contributed by atoms with E-state index in [1.807, 2.05) is 30.3 Å². The summed E-state index contributed by atoms with van der Waals surface area (Å²) in [4.78, 5) is 2.09. The summed E-state index contributed by atoms with van der Waals surface area (Å²) in [5, 5.41) is 2.25. The summed E-state index contributed by atoms with van der Waals surface area (Å²) in [5.41, 5.74) is 9.47. The molecule has 0 aliphatic heterocycles. The Labute approximate surface area is 308 Å². The monoisotopic (exact) mass is 671 g/mol. The predicted octanol–water partition coefficient (Wildman–Crippen LogP) is 13.6. The summed E-state index contributed by atoms with van der Waals surface area (Å²) in [6.07, 6.45) is 0. The molecule has 0 saturated carbocycles. The van der Waals surface area contributed by atoms with E-state index in [1.165, 1.54) is 11.1 Å². The first-order valence-corrected chi connectivity index (χ1v) is 18.0. The Morgan fingerprint density at radius 1 is 0.471 bits per heavy atom. The van der Waals surface area contributed by atoms with E-state index in [4.69, 9.17) is 2.74 Å². The Balaban J connectivity index is 1.35. The zero-order valence-electron chi connectivity index (χ0n) is 31.6. The molecular formula is C49H33NS. The lowest BCUT2D eigenvalue weighted by Crippen LogP contribution is -2.28. The average molecular weight is 672 g/mol. The highest BCUT2D eigenvalue weighted by molar-refractivity contribution is 7.26. The zero-order chi connectivity index (χ0) is 37.3. The number of hydrogen-bond acceptors (Lipinski definition) is 2. The van der Waals surface area contributed by atoms with E-state index in [0.717, 1.165) is 59.4 Å². The Hall–Kier alpha value is -6.22. The van der Waals surface area contributed by atoms with Crippen molar-refractivity contribution in [3.63, 3.8) is 0 Å². The Kier molecular flexibility index (Phi) is 6.04. The van der Waals surface area contributed by atoms with E-state index in [1.54, 1.807) is 11.3 Å². The van der Waals surface area contributed by atoms with Crippen molar-refractivity contribution < 1.29 is 5.48 Å². The van der Waals surface area contributed by atoms with E-state index in [2.05, 4.69) is 150 Å². The molecule has 0 N–H and O–H groups in total. The molecule has 0 bridgehead atoms. The van der Waals surface area contributed by atoms with Crippen LogP contribution in [0.2, 0.25) is 0 Å². The smallest absolute Gasteiger partial charge is 0.0714 e. The lowest BCUT2D eigenvalue weighted by atomic mass is 9.67. The Morgan fingerprint density at radius 2 is 1.10 bits per heavy atom. The van der Waals surface area contributed by atoms with Crippen LogP contribution in [0.15, 0.2) is 200 Å². The SMILES string of the molecule is [2H]c1c([2H])c([2H])c(N(c2ccc3c(c2)C(c2ccccc2)(c2ccccc2)c2ccccc2-3)c2cccc3c2sc2ccccc23)c(-c2ccccc2)c1[2H]. The van der Waals surface area contributed by atoms with Gasteiger partial charge in [0.25, 0.3) is 0 Å². The predicted molar refractivity (Wildman–Crippen MR) is 217 cm³/mol. The van der Waals surface area contributed by atoms with Crippen LogP contribution in [-0.2, 0) is 5.41 Å². The van der Waals surface area contributed by atoms with Crippen molar-refractivity contribution in [3.8, 4) is 22.3 Å². The minimum atomic E-state index is -0.655. The molecule has 1 aliphatic carbocycles. The summed E-state index contributed by atoms with van der Waals surface area (Å²) in [6.45, 7) is 0. The second kappa shape index (κ2) is 12.0. The molecule has 10 rings (SSSR count). The molecule has 0 radical (unpaired) electrons. The van der Waals surface area contributed by atoms with Gasteiger partial charge in [-0.25, -0.2) is 0 Å². The van der Waals surface area contributed by atoms with Crippen LogP contribution in [0.1, 0.15) is 27.7 Å². The zero-order valence-corrected chi connectivity index (χ0v) is 28.4. The lowest BCUT2D eigenvalue weighted by molar-refractivity contribution is 0.768. The van der Waals surface area contributed by atoms with Gasteiger partial charge in [-0.1, -0.05) is 170 Å². The van der Waals surface area contributed by atoms with E-state index in [9.17, 15) is 2.74 Å². The van der Waals surface area contributed by atoms with Gasteiger partial charge >= 0.3 is 0 Å². The van der Waals surface area contributed by atoms with Crippen molar-refractivity contribution in [2.75, 3.05) is 4.90 Å². The molecule has 0 saturated heterocycles. The summed E-state index contributed by atoms with van der Waals surface area (Å²) in [6, 6.07) is 60.2. The van der Waals surface area contributed by atoms with Crippen LogP contribution in [0.3, 0.4) is 0 Å². The highest BCUT2D eigenvalue weighted by atomic mass is 32.1. The van der Waals surface area contributed by atoms with E-state index >= 15 is 0 Å². The summed E-state index contributed by atoms with van der Waals surface area (Å²) in [7, 11) is 0. The highest BCUT2D eigenvalue weighted by Gasteiger charge is 2.46. The van der Waals surface area contributed by atoms with Crippen molar-refractivity contribution in [3.05, 3.63) is 222 Å². The molecule has 2 heteroatoms. The van der Waals surface area contributed by atoms with Gasteiger partial charge in [0.15, 0.2) is 0 Å². The molecule has 240 valence electrons. The third kappa shape index (κ3) is 4.54. The third-order valence-corrected chi connectivity index (χ3v) is 11.5. The quantitative estimate of drug-likeness (QED) is 0.170. The molecule has 0 fully saturated rings. The second-order valence-electron chi connectivity index (χ2n) is 12.9. The topological polar surface area (TPSA) is 3.24 Å². The van der Waals surface area contributed by atoms with Crippen LogP contribution in [0, 0.1) is 0 Å². The minimum Gasteiger partial charge on any atom is -0.308 e. The first-order chi connectivity index (χ1) is 27.0. The number of hydrogen-bond donors (Lipinski definition) is 0. The summed E-state index contributed by atoms with van der Waals surface area (Å²) in [5.74, 6) is 0. The van der Waals surface area contributed by atoms with Gasteiger partial charge in [-0.3, -0.25) is 0 Å². The molecule has 0 atom stereocenters. The summed E-state index contributed by atoms with van der Waals surface area (Å²) >= 11 is 1.70. The third-order valence-electron chi connectivity index (χ3n) is 10.3. The van der Waals surface area contributed by atoms with Crippen molar-refractivity contribution in [2.45, 2.75) is 5.41 Å². The standard InChI is InChI=1S/C49H33NS/c1-4-17-34(18-5-1)38-23-11-14-28-45(38)50(46-29-16-26-42-41-25-12-15-30-47(41)51-48(42)46)37-31-32-40-39-24-10-13-27-43(39)49(44(40)33-37,35-19-6-2-7-20-35)36-21-8-3-9-22-36/h1-33H/i11D,14D,23D,28D. The van der Waals surface area contributed by atoms with Gasteiger partial charge in [0.1, 0.15) is 0 Å². The molecule has 9 aromatic rings. The van der Waals surface area contributed by atoms with E-state index in [0.29, 0.717) is 11.3 Å². The molecule has 0 spiro atoms. The van der Waals surface area contributed by atoms with Gasteiger partial charge in [-0.05, 0) is 69.3 Å². The van der Waals surface area contributed by atoms with Gasteiger partial charge in [-0.15, -0.1) is 11.3 Å². The molecule has 1 heterocycles. The molecule has 8 aromatic carbocycles. The highest BCUT2D eigenvalue weighted by Crippen LogP contribution is 2.58. The van der Waals surface area contributed by atoms with Gasteiger partial charge in [-0.2, -0.15) is 0 Å². The second-order valence-corrected chi connectivity index (χ2v) is 14.0. The molecule has 1 nitrogen and oxygen atoms in total. The lowest BCUT2D eigenvalue weighted by Gasteiger charge is -2.35. The van der Waals surface area contributed by atoms with Crippen molar-refractivity contribution in [1.82, 2.24) is 0 Å². The number of anilines is 3. The molecule has 51 heavy (non-hydrogen) atoms. The van der Waals surface area contributed by atoms with Crippen molar-refractivity contribution in [2.24, 2.45) is 0 Å². The average Bonchev–Trinajstić information content (AvgIpc) is 3.77. The van der Waals surface area contributed by atoms with Crippen LogP contribution >= 0.6 is 11.3 Å². The normalized spacial score (nSPS) is 14.0. The number of fused-ring (bicyclic) bond motifs is 6. The fraction of sp³-hybridized carbons (Fsp3) is 0.0204. The maximum atomic E-state index is 9.64. The minimum absolute atomic E-state index is 0.0767. The van der Waals surface area contributed by atoms with Gasteiger partial charge < -0.3 is 4.90 Å². The number of benzene rings is 8. The molecule has 0 unspecified atom stereocenters. The van der Waals surface area contributed by atoms with E-state index in [-0.39, 0.29) is 24.2 Å². The largest absolute Gasteiger partial charge is 0.308 e. The molecule has 0 amide bonds. The fourth-order valence-electron chi connectivity index (χ4n) is 8.16.